The highest BCUT2D eigenvalue weighted by molar-refractivity contribution is 9.10. The molecule has 19 heavy (non-hydrogen) atoms. The van der Waals surface area contributed by atoms with Crippen molar-refractivity contribution in [1.29, 1.82) is 0 Å². The van der Waals surface area contributed by atoms with Crippen LogP contribution in [0.5, 0.6) is 5.75 Å². The van der Waals surface area contributed by atoms with E-state index in [9.17, 15) is 0 Å². The number of hydrogen-bond donors (Lipinski definition) is 1. The van der Waals surface area contributed by atoms with Gasteiger partial charge in [0.25, 0.3) is 0 Å². The second-order valence-electron chi connectivity index (χ2n) is 4.17. The van der Waals surface area contributed by atoms with E-state index in [0.717, 1.165) is 26.0 Å². The van der Waals surface area contributed by atoms with Crippen molar-refractivity contribution < 1.29 is 4.74 Å². The number of ether oxygens (including phenoxy) is 1. The number of aromatic nitrogens is 1. The Bertz CT molecular complexity index is 558. The molecule has 0 aliphatic carbocycles. The van der Waals surface area contributed by atoms with E-state index in [1.54, 1.807) is 13.3 Å². The van der Waals surface area contributed by atoms with Crippen molar-refractivity contribution in [2.24, 2.45) is 5.73 Å². The van der Waals surface area contributed by atoms with Crippen LogP contribution >= 0.6 is 31.9 Å². The first kappa shape index (κ1) is 14.5. The second kappa shape index (κ2) is 6.50. The Kier molecular flexibility index (Phi) is 4.96. The molecule has 0 spiro atoms. The molecule has 0 aliphatic heterocycles. The van der Waals surface area contributed by atoms with Gasteiger partial charge in [0, 0.05) is 15.1 Å². The Morgan fingerprint density at radius 1 is 1.21 bits per heavy atom. The standard InChI is InChI=1S/C14H14Br2N2O/c1-19-14-5-3-10(15)6-9(14)7-12(17)13-4-2-11(16)8-18-13/h2-6,8,12H,7,17H2,1H3. The fraction of sp³-hybridized carbons (Fsp3) is 0.214. The predicted molar refractivity (Wildman–Crippen MR) is 83.3 cm³/mol. The minimum Gasteiger partial charge on any atom is -0.496 e. The fourth-order valence-electron chi connectivity index (χ4n) is 1.85. The van der Waals surface area contributed by atoms with Crippen LogP contribution in [0, 0.1) is 0 Å². The zero-order valence-electron chi connectivity index (χ0n) is 10.4. The Balaban J connectivity index is 2.20. The van der Waals surface area contributed by atoms with Gasteiger partial charge in [-0.05, 0) is 58.2 Å². The number of methoxy groups -OCH3 is 1. The first-order valence-electron chi connectivity index (χ1n) is 5.79. The van der Waals surface area contributed by atoms with E-state index < -0.39 is 0 Å². The molecule has 0 fully saturated rings. The maximum atomic E-state index is 6.20. The Labute approximate surface area is 129 Å². The third kappa shape index (κ3) is 3.78. The van der Waals surface area contributed by atoms with Crippen LogP contribution in [-0.4, -0.2) is 12.1 Å². The van der Waals surface area contributed by atoms with Gasteiger partial charge >= 0.3 is 0 Å². The molecule has 0 aliphatic rings. The van der Waals surface area contributed by atoms with Gasteiger partial charge in [-0.1, -0.05) is 15.9 Å². The van der Waals surface area contributed by atoms with E-state index in [0.29, 0.717) is 6.42 Å². The third-order valence-corrected chi connectivity index (χ3v) is 3.77. The lowest BCUT2D eigenvalue weighted by Crippen LogP contribution is -2.15. The van der Waals surface area contributed by atoms with Crippen molar-refractivity contribution in [2.45, 2.75) is 12.5 Å². The van der Waals surface area contributed by atoms with Gasteiger partial charge in [-0.2, -0.15) is 0 Å². The lowest BCUT2D eigenvalue weighted by atomic mass is 10.0. The fourth-order valence-corrected chi connectivity index (χ4v) is 2.50. The van der Waals surface area contributed by atoms with E-state index in [-0.39, 0.29) is 6.04 Å². The highest BCUT2D eigenvalue weighted by atomic mass is 79.9. The summed E-state index contributed by atoms with van der Waals surface area (Å²) in [4.78, 5) is 4.33. The average Bonchev–Trinajstić information content (AvgIpc) is 2.39. The van der Waals surface area contributed by atoms with E-state index in [4.69, 9.17) is 10.5 Å². The molecule has 1 atom stereocenters. The lowest BCUT2D eigenvalue weighted by molar-refractivity contribution is 0.408. The summed E-state index contributed by atoms with van der Waals surface area (Å²) in [5.74, 6) is 0.843. The third-order valence-electron chi connectivity index (χ3n) is 2.81. The van der Waals surface area contributed by atoms with Gasteiger partial charge in [-0.25, -0.2) is 0 Å². The number of halogens is 2. The summed E-state index contributed by atoms with van der Waals surface area (Å²) in [5, 5.41) is 0. The summed E-state index contributed by atoms with van der Waals surface area (Å²) in [6, 6.07) is 9.63. The van der Waals surface area contributed by atoms with Gasteiger partial charge in [0.2, 0.25) is 0 Å². The molecule has 2 N–H and O–H groups in total. The van der Waals surface area contributed by atoms with Crippen LogP contribution in [0.25, 0.3) is 0 Å². The number of hydrogen-bond acceptors (Lipinski definition) is 3. The van der Waals surface area contributed by atoms with Gasteiger partial charge in [0.1, 0.15) is 5.75 Å². The van der Waals surface area contributed by atoms with E-state index in [1.165, 1.54) is 0 Å². The van der Waals surface area contributed by atoms with Crippen LogP contribution in [0.15, 0.2) is 45.5 Å². The molecule has 1 aromatic carbocycles. The quantitative estimate of drug-likeness (QED) is 0.869. The van der Waals surface area contributed by atoms with Crippen LogP contribution in [0.1, 0.15) is 17.3 Å². The van der Waals surface area contributed by atoms with Crippen molar-refractivity contribution >= 4 is 31.9 Å². The largest absolute Gasteiger partial charge is 0.496 e. The van der Waals surface area contributed by atoms with E-state index in [2.05, 4.69) is 36.8 Å². The monoisotopic (exact) mass is 384 g/mol. The maximum absolute atomic E-state index is 6.20. The topological polar surface area (TPSA) is 48.1 Å². The van der Waals surface area contributed by atoms with Crippen molar-refractivity contribution in [3.05, 3.63) is 56.7 Å². The molecule has 0 saturated heterocycles. The molecule has 5 heteroatoms. The Morgan fingerprint density at radius 3 is 2.58 bits per heavy atom. The SMILES string of the molecule is COc1ccc(Br)cc1CC(N)c1ccc(Br)cn1. The molecule has 0 radical (unpaired) electrons. The predicted octanol–water partition coefficient (Wildman–Crippen LogP) is 3.86. The van der Waals surface area contributed by atoms with E-state index in [1.807, 2.05) is 30.3 Å². The highest BCUT2D eigenvalue weighted by Gasteiger charge is 2.12. The summed E-state index contributed by atoms with van der Waals surface area (Å²) in [6.07, 6.45) is 2.44. The molecule has 1 heterocycles. The summed E-state index contributed by atoms with van der Waals surface area (Å²) in [5.41, 5.74) is 8.13. The molecule has 2 aromatic rings. The highest BCUT2D eigenvalue weighted by Crippen LogP contribution is 2.26. The minimum absolute atomic E-state index is 0.156. The molecular formula is C14H14Br2N2O. The molecular weight excluding hydrogens is 372 g/mol. The summed E-state index contributed by atoms with van der Waals surface area (Å²) in [6.45, 7) is 0. The van der Waals surface area contributed by atoms with Crippen molar-refractivity contribution in [3.8, 4) is 5.75 Å². The van der Waals surface area contributed by atoms with Crippen molar-refractivity contribution in [1.82, 2.24) is 4.98 Å². The smallest absolute Gasteiger partial charge is 0.122 e. The molecule has 0 bridgehead atoms. The van der Waals surface area contributed by atoms with Crippen LogP contribution in [0.2, 0.25) is 0 Å². The van der Waals surface area contributed by atoms with Crippen LogP contribution in [0.4, 0.5) is 0 Å². The van der Waals surface area contributed by atoms with E-state index >= 15 is 0 Å². The zero-order valence-corrected chi connectivity index (χ0v) is 13.6. The minimum atomic E-state index is -0.156. The van der Waals surface area contributed by atoms with Crippen molar-refractivity contribution in [3.63, 3.8) is 0 Å². The Hall–Kier alpha value is -0.910. The van der Waals surface area contributed by atoms with Crippen molar-refractivity contribution in [2.75, 3.05) is 7.11 Å². The molecule has 0 saturated carbocycles. The average molecular weight is 386 g/mol. The lowest BCUT2D eigenvalue weighted by Gasteiger charge is -2.14. The van der Waals surface area contributed by atoms with Crippen LogP contribution in [-0.2, 0) is 6.42 Å². The van der Waals surface area contributed by atoms with Crippen LogP contribution < -0.4 is 10.5 Å². The molecule has 100 valence electrons. The Morgan fingerprint density at radius 2 is 1.95 bits per heavy atom. The summed E-state index contributed by atoms with van der Waals surface area (Å²) >= 11 is 6.83. The zero-order chi connectivity index (χ0) is 13.8. The molecule has 0 amide bonds. The van der Waals surface area contributed by atoms with Gasteiger partial charge in [0.15, 0.2) is 0 Å². The second-order valence-corrected chi connectivity index (χ2v) is 6.00. The van der Waals surface area contributed by atoms with Gasteiger partial charge in [-0.15, -0.1) is 0 Å². The number of pyridine rings is 1. The normalized spacial score (nSPS) is 12.2. The number of rotatable bonds is 4. The molecule has 1 unspecified atom stereocenters. The summed E-state index contributed by atoms with van der Waals surface area (Å²) < 4.78 is 7.31. The van der Waals surface area contributed by atoms with Gasteiger partial charge in [-0.3, -0.25) is 4.98 Å². The van der Waals surface area contributed by atoms with Gasteiger partial charge < -0.3 is 10.5 Å². The number of benzene rings is 1. The first-order valence-corrected chi connectivity index (χ1v) is 7.38. The number of nitrogens with zero attached hydrogens (tertiary/aromatic N) is 1. The first-order chi connectivity index (χ1) is 9.10. The molecule has 2 rings (SSSR count). The van der Waals surface area contributed by atoms with Gasteiger partial charge in [0.05, 0.1) is 18.8 Å². The maximum Gasteiger partial charge on any atom is 0.122 e. The van der Waals surface area contributed by atoms with Crippen LogP contribution in [0.3, 0.4) is 0 Å². The summed E-state index contributed by atoms with van der Waals surface area (Å²) in [7, 11) is 1.66. The molecule has 3 nitrogen and oxygen atoms in total. The molecule has 1 aromatic heterocycles. The number of nitrogens with two attached hydrogens (primary N) is 1.